The van der Waals surface area contributed by atoms with E-state index in [0.717, 1.165) is 49.1 Å². The van der Waals surface area contributed by atoms with E-state index in [0.29, 0.717) is 12.8 Å². The first kappa shape index (κ1) is 19.6. The highest BCUT2D eigenvalue weighted by molar-refractivity contribution is 5.83. The minimum absolute atomic E-state index is 0.0819. The summed E-state index contributed by atoms with van der Waals surface area (Å²) in [5.41, 5.74) is 2.06. The molecule has 1 aliphatic carbocycles. The van der Waals surface area contributed by atoms with Gasteiger partial charge in [0.1, 0.15) is 6.17 Å². The number of likely N-dealkylation sites (tertiary alicyclic amines) is 1. The summed E-state index contributed by atoms with van der Waals surface area (Å²) in [5, 5.41) is 11.1. The van der Waals surface area contributed by atoms with Gasteiger partial charge in [0.05, 0.1) is 11.6 Å². The molecular formula is C23H31N5O2. The Balaban J connectivity index is 1.16. The van der Waals surface area contributed by atoms with Gasteiger partial charge in [-0.3, -0.25) is 14.9 Å². The first-order chi connectivity index (χ1) is 14.7. The van der Waals surface area contributed by atoms with Gasteiger partial charge in [-0.1, -0.05) is 18.2 Å². The van der Waals surface area contributed by atoms with E-state index in [9.17, 15) is 9.59 Å². The Kier molecular flexibility index (Phi) is 5.48. The van der Waals surface area contributed by atoms with Crippen molar-refractivity contribution in [3.8, 4) is 0 Å². The van der Waals surface area contributed by atoms with Crippen LogP contribution in [0.15, 0.2) is 30.3 Å². The van der Waals surface area contributed by atoms with Crippen LogP contribution in [-0.2, 0) is 9.59 Å². The molecule has 7 heteroatoms. The molecule has 30 heavy (non-hydrogen) atoms. The van der Waals surface area contributed by atoms with Crippen molar-refractivity contribution in [2.75, 3.05) is 19.6 Å². The third-order valence-electron chi connectivity index (χ3n) is 6.94. The van der Waals surface area contributed by atoms with Gasteiger partial charge in [-0.05, 0) is 62.7 Å². The lowest BCUT2D eigenvalue weighted by Crippen LogP contribution is -2.60. The van der Waals surface area contributed by atoms with Crippen molar-refractivity contribution < 1.29 is 9.59 Å². The number of carbonyl (C=O) groups excluding carboxylic acids is 2. The zero-order valence-electron chi connectivity index (χ0n) is 17.3. The van der Waals surface area contributed by atoms with Gasteiger partial charge >= 0.3 is 0 Å². The fourth-order valence-electron chi connectivity index (χ4n) is 5.28. The summed E-state index contributed by atoms with van der Waals surface area (Å²) >= 11 is 0. The number of H-pyrrole nitrogens is 1. The average molecular weight is 410 g/mol. The van der Waals surface area contributed by atoms with Crippen LogP contribution in [0.1, 0.15) is 50.4 Å². The molecule has 160 valence electrons. The quantitative estimate of drug-likeness (QED) is 0.608. The topological polar surface area (TPSA) is 89.3 Å². The molecule has 0 radical (unpaired) electrons. The standard InChI is InChI=1S/C23H31N5O2/c29-21(9-12-28-10-3-4-11-28)24-16-7-8-19-17(14-16)23(30)27-22(26-19)20-13-15-5-1-2-6-18(15)25-20/h1-2,5-6,13,16-17,19,22,25-26H,3-4,7-12,14H2,(H,24,29)(H,27,30). The smallest absolute Gasteiger partial charge is 0.226 e. The minimum Gasteiger partial charge on any atom is -0.356 e. The molecule has 4 unspecified atom stereocenters. The van der Waals surface area contributed by atoms with Gasteiger partial charge in [0.15, 0.2) is 0 Å². The number of hydrogen-bond acceptors (Lipinski definition) is 4. The molecule has 1 aromatic heterocycles. The summed E-state index contributed by atoms with van der Waals surface area (Å²) in [6, 6.07) is 10.5. The Labute approximate surface area is 177 Å². The normalized spacial score (nSPS) is 29.5. The summed E-state index contributed by atoms with van der Waals surface area (Å²) in [4.78, 5) is 31.0. The maximum absolute atomic E-state index is 12.9. The minimum atomic E-state index is -0.197. The molecule has 4 atom stereocenters. The zero-order chi connectivity index (χ0) is 20.5. The second kappa shape index (κ2) is 8.40. The van der Waals surface area contributed by atoms with Crippen molar-refractivity contribution in [3.05, 3.63) is 36.0 Å². The van der Waals surface area contributed by atoms with Crippen LogP contribution < -0.4 is 16.0 Å². The molecule has 2 amide bonds. The number of benzene rings is 1. The van der Waals surface area contributed by atoms with Crippen LogP contribution in [0.2, 0.25) is 0 Å². The van der Waals surface area contributed by atoms with Crippen LogP contribution in [0.5, 0.6) is 0 Å². The van der Waals surface area contributed by atoms with Gasteiger partial charge in [-0.25, -0.2) is 0 Å². The van der Waals surface area contributed by atoms with Crippen LogP contribution in [-0.4, -0.2) is 53.4 Å². The predicted molar refractivity (Wildman–Crippen MR) is 116 cm³/mol. The van der Waals surface area contributed by atoms with Crippen LogP contribution in [0.4, 0.5) is 0 Å². The fraction of sp³-hybridized carbons (Fsp3) is 0.565. The molecule has 0 bridgehead atoms. The Bertz CT molecular complexity index is 886. The molecule has 0 spiro atoms. The summed E-state index contributed by atoms with van der Waals surface area (Å²) in [7, 11) is 0. The monoisotopic (exact) mass is 409 g/mol. The van der Waals surface area contributed by atoms with E-state index in [4.69, 9.17) is 0 Å². The average Bonchev–Trinajstić information content (AvgIpc) is 3.42. The first-order valence-corrected chi connectivity index (χ1v) is 11.3. The van der Waals surface area contributed by atoms with E-state index in [1.54, 1.807) is 0 Å². The van der Waals surface area contributed by atoms with E-state index in [1.165, 1.54) is 12.8 Å². The number of fused-ring (bicyclic) bond motifs is 2. The molecule has 2 aliphatic heterocycles. The molecule has 5 rings (SSSR count). The van der Waals surface area contributed by atoms with Gasteiger partial charge in [-0.15, -0.1) is 0 Å². The highest BCUT2D eigenvalue weighted by Gasteiger charge is 2.41. The maximum Gasteiger partial charge on any atom is 0.226 e. The molecule has 2 saturated heterocycles. The molecular weight excluding hydrogens is 378 g/mol. The molecule has 4 N–H and O–H groups in total. The van der Waals surface area contributed by atoms with Crippen molar-refractivity contribution in [1.29, 1.82) is 0 Å². The lowest BCUT2D eigenvalue weighted by atomic mass is 9.79. The number of aromatic amines is 1. The van der Waals surface area contributed by atoms with E-state index >= 15 is 0 Å². The number of nitrogens with zero attached hydrogens (tertiary/aromatic N) is 1. The Morgan fingerprint density at radius 2 is 2.00 bits per heavy atom. The second-order valence-corrected chi connectivity index (χ2v) is 9.01. The molecule has 1 aromatic carbocycles. The van der Waals surface area contributed by atoms with Gasteiger partial charge in [-0.2, -0.15) is 0 Å². The number of amides is 2. The van der Waals surface area contributed by atoms with Crippen LogP contribution in [0.25, 0.3) is 10.9 Å². The maximum atomic E-state index is 12.9. The van der Waals surface area contributed by atoms with Crippen LogP contribution >= 0.6 is 0 Å². The summed E-state index contributed by atoms with van der Waals surface area (Å²) in [6.45, 7) is 3.08. The Morgan fingerprint density at radius 1 is 1.17 bits per heavy atom. The molecule has 3 aliphatic rings. The van der Waals surface area contributed by atoms with Gasteiger partial charge < -0.3 is 20.5 Å². The van der Waals surface area contributed by atoms with Crippen molar-refractivity contribution in [2.45, 2.75) is 56.8 Å². The SMILES string of the molecule is O=C(CCN1CCCC1)NC1CCC2NC(c3cc4ccccc4[nH]3)NC(=O)C2C1. The number of nitrogens with one attached hydrogen (secondary N) is 4. The van der Waals surface area contributed by atoms with Gasteiger partial charge in [0, 0.05) is 30.6 Å². The summed E-state index contributed by atoms with van der Waals surface area (Å²) in [6.07, 6.45) is 5.36. The van der Waals surface area contributed by atoms with E-state index in [-0.39, 0.29) is 36.0 Å². The zero-order valence-corrected chi connectivity index (χ0v) is 17.3. The first-order valence-electron chi connectivity index (χ1n) is 11.3. The van der Waals surface area contributed by atoms with Crippen molar-refractivity contribution in [2.24, 2.45) is 5.92 Å². The third kappa shape index (κ3) is 4.09. The second-order valence-electron chi connectivity index (χ2n) is 9.01. The van der Waals surface area contributed by atoms with Gasteiger partial charge in [0.2, 0.25) is 11.8 Å². The molecule has 3 heterocycles. The van der Waals surface area contributed by atoms with Crippen LogP contribution in [0.3, 0.4) is 0 Å². The fourth-order valence-corrected chi connectivity index (χ4v) is 5.28. The molecule has 7 nitrogen and oxygen atoms in total. The Morgan fingerprint density at radius 3 is 2.83 bits per heavy atom. The highest BCUT2D eigenvalue weighted by Crippen LogP contribution is 2.31. The Hall–Kier alpha value is -2.38. The van der Waals surface area contributed by atoms with Crippen molar-refractivity contribution in [3.63, 3.8) is 0 Å². The number of para-hydroxylation sites is 1. The molecule has 2 aromatic rings. The number of carbonyl (C=O) groups is 2. The molecule has 1 saturated carbocycles. The van der Waals surface area contributed by atoms with Crippen molar-refractivity contribution >= 4 is 22.7 Å². The highest BCUT2D eigenvalue weighted by atomic mass is 16.2. The van der Waals surface area contributed by atoms with Gasteiger partial charge in [0.25, 0.3) is 0 Å². The number of aromatic nitrogens is 1. The summed E-state index contributed by atoms with van der Waals surface area (Å²) < 4.78 is 0. The lowest BCUT2D eigenvalue weighted by molar-refractivity contribution is -0.132. The van der Waals surface area contributed by atoms with E-state index < -0.39 is 0 Å². The summed E-state index contributed by atoms with van der Waals surface area (Å²) in [5.74, 6) is 0.104. The number of rotatable bonds is 5. The lowest BCUT2D eigenvalue weighted by Gasteiger charge is -2.42. The van der Waals surface area contributed by atoms with Crippen LogP contribution in [0, 0.1) is 5.92 Å². The van der Waals surface area contributed by atoms with E-state index in [1.807, 2.05) is 18.2 Å². The molecule has 3 fully saturated rings. The van der Waals surface area contributed by atoms with E-state index in [2.05, 4.69) is 38.0 Å². The third-order valence-corrected chi connectivity index (χ3v) is 6.94. The largest absolute Gasteiger partial charge is 0.356 e. The van der Waals surface area contributed by atoms with Crippen molar-refractivity contribution in [1.82, 2.24) is 25.8 Å². The predicted octanol–water partition coefficient (Wildman–Crippen LogP) is 2.03. The number of hydrogen-bond donors (Lipinski definition) is 4.